The van der Waals surface area contributed by atoms with Gasteiger partial charge in [-0.3, -0.25) is 0 Å². The first kappa shape index (κ1) is 13.4. The van der Waals surface area contributed by atoms with Crippen molar-refractivity contribution in [2.75, 3.05) is 19.5 Å². The van der Waals surface area contributed by atoms with Crippen LogP contribution in [0.2, 0.25) is 0 Å². The van der Waals surface area contributed by atoms with Gasteiger partial charge in [0.25, 0.3) is 0 Å². The molecule has 90 valence electrons. The Morgan fingerprint density at radius 1 is 1.38 bits per heavy atom. The Labute approximate surface area is 104 Å². The molecule has 0 fully saturated rings. The van der Waals surface area contributed by atoms with E-state index in [1.165, 1.54) is 11.1 Å². The Kier molecular flexibility index (Phi) is 5.71. The predicted molar refractivity (Wildman–Crippen MR) is 72.6 cm³/mol. The number of methoxy groups -OCH3 is 1. The second-order valence-electron chi connectivity index (χ2n) is 4.13. The summed E-state index contributed by atoms with van der Waals surface area (Å²) in [5.41, 5.74) is 2.57. The van der Waals surface area contributed by atoms with E-state index in [-0.39, 0.29) is 0 Å². The van der Waals surface area contributed by atoms with Gasteiger partial charge in [-0.1, -0.05) is 26.0 Å². The van der Waals surface area contributed by atoms with Crippen molar-refractivity contribution < 1.29 is 4.74 Å². The fourth-order valence-corrected chi connectivity index (χ4v) is 1.79. The molecule has 0 amide bonds. The Morgan fingerprint density at radius 2 is 2.12 bits per heavy atom. The van der Waals surface area contributed by atoms with Gasteiger partial charge in [0.2, 0.25) is 0 Å². The molecule has 0 spiro atoms. The van der Waals surface area contributed by atoms with Crippen molar-refractivity contribution in [3.8, 4) is 5.75 Å². The van der Waals surface area contributed by atoms with Crippen LogP contribution < -0.4 is 10.1 Å². The highest BCUT2D eigenvalue weighted by atomic mass is 32.1. The van der Waals surface area contributed by atoms with Crippen LogP contribution in [0.1, 0.15) is 30.9 Å². The highest BCUT2D eigenvalue weighted by Gasteiger charge is 2.06. The SMILES string of the molecule is COc1cc(C(C)C)ccc1CCNCS. The minimum Gasteiger partial charge on any atom is -0.496 e. The Hall–Kier alpha value is -0.670. The van der Waals surface area contributed by atoms with Crippen molar-refractivity contribution in [3.63, 3.8) is 0 Å². The molecule has 3 heteroatoms. The summed E-state index contributed by atoms with van der Waals surface area (Å²) < 4.78 is 5.42. The average Bonchev–Trinajstić information content (AvgIpc) is 2.29. The van der Waals surface area contributed by atoms with E-state index in [0.29, 0.717) is 11.8 Å². The summed E-state index contributed by atoms with van der Waals surface area (Å²) in [6.07, 6.45) is 0.974. The lowest BCUT2D eigenvalue weighted by Crippen LogP contribution is -2.15. The van der Waals surface area contributed by atoms with Gasteiger partial charge in [-0.05, 0) is 29.5 Å². The maximum absolute atomic E-state index is 5.42. The van der Waals surface area contributed by atoms with Gasteiger partial charge >= 0.3 is 0 Å². The van der Waals surface area contributed by atoms with E-state index >= 15 is 0 Å². The maximum Gasteiger partial charge on any atom is 0.122 e. The van der Waals surface area contributed by atoms with Gasteiger partial charge in [0.15, 0.2) is 0 Å². The minimum absolute atomic E-state index is 0.540. The molecule has 0 saturated heterocycles. The fourth-order valence-electron chi connectivity index (χ4n) is 1.63. The number of hydrogen-bond acceptors (Lipinski definition) is 3. The lowest BCUT2D eigenvalue weighted by atomic mass is 10.00. The van der Waals surface area contributed by atoms with Crippen molar-refractivity contribution in [3.05, 3.63) is 29.3 Å². The molecular weight excluding hydrogens is 218 g/mol. The molecule has 0 atom stereocenters. The number of rotatable bonds is 6. The predicted octanol–water partition coefficient (Wildman–Crippen LogP) is 2.84. The molecule has 0 aliphatic heterocycles. The molecule has 0 aliphatic rings. The third-order valence-corrected chi connectivity index (χ3v) is 2.88. The van der Waals surface area contributed by atoms with E-state index < -0.39 is 0 Å². The normalized spacial score (nSPS) is 10.8. The molecule has 0 unspecified atom stereocenters. The van der Waals surface area contributed by atoms with Crippen molar-refractivity contribution >= 4 is 12.6 Å². The first-order valence-electron chi connectivity index (χ1n) is 5.67. The molecule has 0 radical (unpaired) electrons. The summed E-state index contributed by atoms with van der Waals surface area (Å²) in [4.78, 5) is 0. The van der Waals surface area contributed by atoms with Crippen LogP contribution in [0.3, 0.4) is 0 Å². The van der Waals surface area contributed by atoms with Gasteiger partial charge in [-0.2, -0.15) is 12.6 Å². The number of thiol groups is 1. The van der Waals surface area contributed by atoms with Crippen LogP contribution in [-0.2, 0) is 6.42 Å². The van der Waals surface area contributed by atoms with Gasteiger partial charge in [-0.25, -0.2) is 0 Å². The maximum atomic E-state index is 5.42. The lowest BCUT2D eigenvalue weighted by Gasteiger charge is -2.12. The van der Waals surface area contributed by atoms with E-state index in [2.05, 4.69) is 50.0 Å². The summed E-state index contributed by atoms with van der Waals surface area (Å²) in [7, 11) is 1.73. The number of nitrogens with one attached hydrogen (secondary N) is 1. The average molecular weight is 239 g/mol. The van der Waals surface area contributed by atoms with E-state index in [4.69, 9.17) is 4.74 Å². The molecule has 1 N–H and O–H groups in total. The first-order valence-corrected chi connectivity index (χ1v) is 6.30. The second kappa shape index (κ2) is 6.81. The molecule has 0 saturated carbocycles. The summed E-state index contributed by atoms with van der Waals surface area (Å²) in [5, 5.41) is 3.19. The van der Waals surface area contributed by atoms with Crippen LogP contribution in [0.15, 0.2) is 18.2 Å². The standard InChI is InChI=1S/C13H21NOS/c1-10(2)12-5-4-11(6-7-14-9-16)13(8-12)15-3/h4-5,8,10,14,16H,6-7,9H2,1-3H3. The van der Waals surface area contributed by atoms with Crippen molar-refractivity contribution in [1.29, 1.82) is 0 Å². The number of benzene rings is 1. The topological polar surface area (TPSA) is 21.3 Å². The van der Waals surface area contributed by atoms with Gasteiger partial charge in [0, 0.05) is 12.4 Å². The van der Waals surface area contributed by atoms with Crippen molar-refractivity contribution in [2.24, 2.45) is 0 Å². The quantitative estimate of drug-likeness (QED) is 0.452. The van der Waals surface area contributed by atoms with E-state index in [0.717, 1.165) is 18.7 Å². The van der Waals surface area contributed by atoms with E-state index in [1.54, 1.807) is 7.11 Å². The molecule has 0 aliphatic carbocycles. The van der Waals surface area contributed by atoms with Crippen LogP contribution in [0.5, 0.6) is 5.75 Å². The lowest BCUT2D eigenvalue weighted by molar-refractivity contribution is 0.408. The first-order chi connectivity index (χ1) is 7.69. The molecule has 0 bridgehead atoms. The molecule has 2 nitrogen and oxygen atoms in total. The van der Waals surface area contributed by atoms with Crippen molar-refractivity contribution in [1.82, 2.24) is 5.32 Å². The second-order valence-corrected chi connectivity index (χ2v) is 4.45. The Bertz CT molecular complexity index is 326. The van der Waals surface area contributed by atoms with Gasteiger partial charge < -0.3 is 10.1 Å². The summed E-state index contributed by atoms with van der Waals surface area (Å²) in [5.74, 6) is 2.25. The molecule has 16 heavy (non-hydrogen) atoms. The third-order valence-electron chi connectivity index (χ3n) is 2.66. The molecular formula is C13H21NOS. The Morgan fingerprint density at radius 3 is 2.69 bits per heavy atom. The number of hydrogen-bond donors (Lipinski definition) is 2. The van der Waals surface area contributed by atoms with Crippen LogP contribution in [0.4, 0.5) is 0 Å². The molecule has 1 aromatic carbocycles. The summed E-state index contributed by atoms with van der Waals surface area (Å²) in [6, 6.07) is 6.48. The highest BCUT2D eigenvalue weighted by molar-refractivity contribution is 7.80. The van der Waals surface area contributed by atoms with Gasteiger partial charge in [-0.15, -0.1) is 0 Å². The van der Waals surface area contributed by atoms with Gasteiger partial charge in [0.1, 0.15) is 5.75 Å². The van der Waals surface area contributed by atoms with Crippen LogP contribution >= 0.6 is 12.6 Å². The largest absolute Gasteiger partial charge is 0.496 e. The van der Waals surface area contributed by atoms with E-state index in [1.807, 2.05) is 0 Å². The zero-order chi connectivity index (χ0) is 12.0. The Balaban J connectivity index is 2.76. The smallest absolute Gasteiger partial charge is 0.122 e. The molecule has 1 rings (SSSR count). The molecule has 1 aromatic rings. The summed E-state index contributed by atoms with van der Waals surface area (Å²) in [6.45, 7) is 5.31. The zero-order valence-corrected chi connectivity index (χ0v) is 11.2. The third kappa shape index (κ3) is 3.72. The van der Waals surface area contributed by atoms with Crippen LogP contribution in [0, 0.1) is 0 Å². The van der Waals surface area contributed by atoms with Crippen LogP contribution in [-0.4, -0.2) is 19.5 Å². The molecule has 0 aromatic heterocycles. The fraction of sp³-hybridized carbons (Fsp3) is 0.538. The van der Waals surface area contributed by atoms with Crippen LogP contribution in [0.25, 0.3) is 0 Å². The highest BCUT2D eigenvalue weighted by Crippen LogP contribution is 2.24. The van der Waals surface area contributed by atoms with Crippen molar-refractivity contribution in [2.45, 2.75) is 26.2 Å². The zero-order valence-electron chi connectivity index (χ0n) is 10.3. The summed E-state index contributed by atoms with van der Waals surface area (Å²) >= 11 is 4.12. The number of ether oxygens (including phenoxy) is 1. The van der Waals surface area contributed by atoms with E-state index in [9.17, 15) is 0 Å². The molecule has 0 heterocycles. The monoisotopic (exact) mass is 239 g/mol. The van der Waals surface area contributed by atoms with Gasteiger partial charge in [0.05, 0.1) is 7.11 Å². The minimum atomic E-state index is 0.540.